The Labute approximate surface area is 466 Å². The van der Waals surface area contributed by atoms with Crippen molar-refractivity contribution in [2.24, 2.45) is 11.8 Å². The lowest BCUT2D eigenvalue weighted by atomic mass is 10.1. The van der Waals surface area contributed by atoms with E-state index < -0.39 is 76.4 Å². The minimum atomic E-state index is -1.03. The zero-order valence-electron chi connectivity index (χ0n) is 46.1. The third-order valence-corrected chi connectivity index (χ3v) is 14.7. The summed E-state index contributed by atoms with van der Waals surface area (Å²) in [5.41, 5.74) is 8.49. The van der Waals surface area contributed by atoms with Gasteiger partial charge in [0.1, 0.15) is 69.5 Å². The lowest BCUT2D eigenvalue weighted by molar-refractivity contribution is -0.130. The van der Waals surface area contributed by atoms with Gasteiger partial charge in [-0.05, 0) is 117 Å². The summed E-state index contributed by atoms with van der Waals surface area (Å²) in [6, 6.07) is 12.3. The number of nitrogens with one attached hydrogen (secondary N) is 2. The van der Waals surface area contributed by atoms with Gasteiger partial charge in [0, 0.05) is 47.6 Å². The molecule has 4 aliphatic rings. The van der Waals surface area contributed by atoms with Gasteiger partial charge in [0.15, 0.2) is 17.3 Å². The first kappa shape index (κ1) is 59.0. The van der Waals surface area contributed by atoms with Crippen LogP contribution < -0.4 is 20.1 Å². The monoisotopic (exact) mass is 1150 g/mol. The molecule has 8 rings (SSSR count). The smallest absolute Gasteiger partial charge is 0.411 e. The highest BCUT2D eigenvalue weighted by Gasteiger charge is 2.60. The fourth-order valence-electron chi connectivity index (χ4n) is 9.96. The molecule has 20 nitrogen and oxygen atoms in total. The van der Waals surface area contributed by atoms with Gasteiger partial charge in [0.2, 0.25) is 11.8 Å². The van der Waals surface area contributed by atoms with Gasteiger partial charge >= 0.3 is 18.4 Å². The molecule has 4 amide bonds. The Balaban J connectivity index is 0.000000229. The van der Waals surface area contributed by atoms with Crippen LogP contribution in [0.2, 0.25) is 0 Å². The molecule has 2 N–H and O–H groups in total. The molecule has 21 heteroatoms. The molecule has 4 heterocycles. The van der Waals surface area contributed by atoms with Crippen molar-refractivity contribution >= 4 is 91.1 Å². The molecule has 2 saturated heterocycles. The maximum Gasteiger partial charge on any atom is 0.411 e. The van der Waals surface area contributed by atoms with E-state index >= 15 is 0 Å². The Morgan fingerprint density at radius 2 is 1.10 bits per heavy atom. The Morgan fingerprint density at radius 1 is 0.696 bits per heavy atom. The third kappa shape index (κ3) is 13.3. The van der Waals surface area contributed by atoms with Crippen molar-refractivity contribution in [2.75, 3.05) is 18.4 Å². The fourth-order valence-corrected chi connectivity index (χ4v) is 10.2. The number of hydrogen-bond acceptors (Lipinski definition) is 14. The van der Waals surface area contributed by atoms with Crippen LogP contribution in [0.25, 0.3) is 27.3 Å². The number of halogens is 1. The highest BCUT2D eigenvalue weighted by molar-refractivity contribution is 9.09. The minimum absolute atomic E-state index is 0.00906. The minimum Gasteiger partial charge on any atom is -0.488 e. The summed E-state index contributed by atoms with van der Waals surface area (Å²) in [6.07, 6.45) is 2.72. The van der Waals surface area contributed by atoms with Crippen molar-refractivity contribution in [1.82, 2.24) is 30.4 Å². The van der Waals surface area contributed by atoms with E-state index in [1.807, 2.05) is 44.2 Å². The first-order valence-corrected chi connectivity index (χ1v) is 27.1. The van der Waals surface area contributed by atoms with Gasteiger partial charge in [0.05, 0.1) is 29.5 Å². The van der Waals surface area contributed by atoms with Crippen LogP contribution in [0.5, 0.6) is 11.5 Å². The third-order valence-electron chi connectivity index (χ3n) is 14.2. The molecule has 2 aromatic carbocycles. The number of rotatable bonds is 16. The summed E-state index contributed by atoms with van der Waals surface area (Å²) < 4.78 is 23.8. The van der Waals surface area contributed by atoms with Crippen LogP contribution >= 0.6 is 15.9 Å². The molecular formula is C58H67BrN8O12. The Kier molecular flexibility index (Phi) is 17.2. The number of alkyl halides is 1. The van der Waals surface area contributed by atoms with Crippen LogP contribution in [0, 0.1) is 25.7 Å². The number of ether oxygens (including phenoxy) is 4. The van der Waals surface area contributed by atoms with Gasteiger partial charge in [-0.25, -0.2) is 19.6 Å². The average molecular weight is 1150 g/mol. The molecule has 0 bridgehead atoms. The number of carbonyl (C=O) groups is 8. The van der Waals surface area contributed by atoms with Gasteiger partial charge < -0.3 is 35.1 Å². The molecule has 4 aromatic rings. The van der Waals surface area contributed by atoms with E-state index in [0.717, 1.165) is 17.3 Å². The number of aromatic nitrogens is 2. The first-order chi connectivity index (χ1) is 37.0. The predicted molar refractivity (Wildman–Crippen MR) is 296 cm³/mol. The maximum atomic E-state index is 13.5. The molecule has 2 aromatic heterocycles. The summed E-state index contributed by atoms with van der Waals surface area (Å²) in [6.45, 7) is 24.8. The number of likely N-dealkylation sites (tertiary alicyclic amines) is 2. The van der Waals surface area contributed by atoms with Crippen molar-refractivity contribution in [1.29, 1.82) is 0 Å². The number of amides is 4. The SMILES string of the molecule is C=C[C@@H]1C[C@]1(NC(=O)[C@@H]1C[C@@H](Oc2cc(C(=O)C=[N+]=[N-])nc3cc(C)ccc23)CN1C(=O)OC(C)(C)C)C(C)=O.C=C[C@@H]1C[C@]1(NC(=O)[C@@H]1C[C@@H](Oc2cc(C(=O)CBr)nc3cc(C)ccc23)CN1C(=O)OC(C)(C)C)C(C)=O. The second-order valence-corrected chi connectivity index (χ2v) is 23.2. The quantitative estimate of drug-likeness (QED) is 0.0269. The van der Waals surface area contributed by atoms with Gasteiger partial charge in [0.25, 0.3) is 5.78 Å². The standard InChI is InChI=1S/C29H34BrN3O6.C29H33N5O6/c1-7-18-13-29(18,17(3)34)32-26(36)23-11-19(15-33(23)27(37)39-28(4,5)6)38-25-12-22(24(35)14-30)31-21-10-16(2)8-9-20(21)25;1-7-18-13-29(18,17(3)35)33-26(37)23-11-19(15-34(23)27(38)40-28(4,5)6)39-25-12-22(24(36)14-31-30)32-21-10-16(2)8-9-20(21)25/h7-10,12,18-19,23H,1,11,13-15H2,2-6H3,(H,32,36);7-10,12,14,18-19,23H,1,11,13,15H2,2-6H3,(H,33,37)/t2*18-,19-,23+,29+/m11/s1. The molecule has 0 spiro atoms. The van der Waals surface area contributed by atoms with Crippen LogP contribution in [0.15, 0.2) is 73.8 Å². The number of carbonyl (C=O) groups excluding carboxylic acids is 8. The highest BCUT2D eigenvalue weighted by atomic mass is 79.9. The molecule has 4 fully saturated rings. The predicted octanol–water partition coefficient (Wildman–Crippen LogP) is 7.96. The van der Waals surface area contributed by atoms with Crippen molar-refractivity contribution in [2.45, 2.75) is 141 Å². The van der Waals surface area contributed by atoms with Crippen LogP contribution in [-0.2, 0) is 28.7 Å². The number of fused-ring (bicyclic) bond motifs is 2. The van der Waals surface area contributed by atoms with Gasteiger partial charge in [-0.3, -0.25) is 38.6 Å². The van der Waals surface area contributed by atoms with Crippen LogP contribution in [0.1, 0.15) is 113 Å². The first-order valence-electron chi connectivity index (χ1n) is 25.9. The molecule has 2 aliphatic carbocycles. The molecular weight excluding hydrogens is 1080 g/mol. The number of pyridine rings is 2. The molecule has 2 aliphatic heterocycles. The van der Waals surface area contributed by atoms with Gasteiger partial charge in [-0.2, -0.15) is 4.79 Å². The molecule has 2 saturated carbocycles. The van der Waals surface area contributed by atoms with E-state index in [1.165, 1.54) is 29.7 Å². The number of Topliss-reactive ketones (excluding diaryl/α,β-unsaturated/α-hetero) is 4. The van der Waals surface area contributed by atoms with Crippen molar-refractivity contribution in [3.05, 3.63) is 102 Å². The Morgan fingerprint density at radius 3 is 1.46 bits per heavy atom. The molecule has 418 valence electrons. The van der Waals surface area contributed by atoms with E-state index in [0.29, 0.717) is 46.1 Å². The second kappa shape index (κ2) is 23.0. The van der Waals surface area contributed by atoms with Crippen LogP contribution in [0.4, 0.5) is 9.59 Å². The summed E-state index contributed by atoms with van der Waals surface area (Å²) in [4.78, 5) is 117. The van der Waals surface area contributed by atoms with E-state index in [-0.39, 0.29) is 71.8 Å². The second-order valence-electron chi connectivity index (χ2n) is 22.6. The normalized spacial score (nSPS) is 23.9. The number of aryl methyl sites for hydroxylation is 2. The number of benzene rings is 2. The van der Waals surface area contributed by atoms with Gasteiger partial charge in [-0.15, -0.1) is 13.2 Å². The van der Waals surface area contributed by atoms with E-state index in [9.17, 15) is 38.4 Å². The highest BCUT2D eigenvalue weighted by Crippen LogP contribution is 2.47. The van der Waals surface area contributed by atoms with E-state index in [2.05, 4.69) is 54.5 Å². The fraction of sp³-hybridized carbons (Fsp3) is 0.466. The largest absolute Gasteiger partial charge is 0.488 e. The van der Waals surface area contributed by atoms with Crippen molar-refractivity contribution in [3.63, 3.8) is 0 Å². The average Bonchev–Trinajstić information content (AvgIpc) is 4.32. The van der Waals surface area contributed by atoms with E-state index in [4.69, 9.17) is 24.5 Å². The lowest BCUT2D eigenvalue weighted by Gasteiger charge is -2.28. The van der Waals surface area contributed by atoms with Gasteiger partial charge in [-0.1, -0.05) is 40.2 Å². The van der Waals surface area contributed by atoms with Crippen molar-refractivity contribution in [3.8, 4) is 11.5 Å². The van der Waals surface area contributed by atoms with E-state index in [1.54, 1.807) is 65.8 Å². The molecule has 8 atom stereocenters. The van der Waals surface area contributed by atoms with Crippen LogP contribution in [-0.4, -0.2) is 143 Å². The topological polar surface area (TPSA) is 266 Å². The van der Waals surface area contributed by atoms with Crippen LogP contribution in [0.3, 0.4) is 0 Å². The number of ketones is 4. The summed E-state index contributed by atoms with van der Waals surface area (Å²) in [5.74, 6) is -1.65. The summed E-state index contributed by atoms with van der Waals surface area (Å²) >= 11 is 3.20. The number of nitrogens with zero attached hydrogens (tertiary/aromatic N) is 6. The Hall–Kier alpha value is -7.64. The molecule has 0 radical (unpaired) electrons. The summed E-state index contributed by atoms with van der Waals surface area (Å²) in [7, 11) is 0. The van der Waals surface area contributed by atoms with Crippen molar-refractivity contribution < 1.29 is 62.1 Å². The maximum absolute atomic E-state index is 13.5. The zero-order chi connectivity index (χ0) is 58.1. The molecule has 0 unspecified atom stereocenters. The zero-order valence-corrected chi connectivity index (χ0v) is 47.7. The number of hydrogen-bond donors (Lipinski definition) is 2. The Bertz CT molecular complexity index is 3230. The summed E-state index contributed by atoms with van der Waals surface area (Å²) in [5, 5.41) is 7.19. The molecule has 79 heavy (non-hydrogen) atoms. The lowest BCUT2D eigenvalue weighted by Crippen LogP contribution is -2.53.